The Bertz CT molecular complexity index is 39.0. The van der Waals surface area contributed by atoms with E-state index in [0.29, 0.717) is 13.0 Å². The first-order valence-corrected chi connectivity index (χ1v) is 2.16. The fourth-order valence-electron chi connectivity index (χ4n) is 0. The molecule has 0 bridgehead atoms. The fraction of sp³-hybridized carbons (Fsp3) is 0.750. The van der Waals surface area contributed by atoms with E-state index >= 15 is 0 Å². The number of carbonyl (C=O) groups excluding carboxylic acids is 1. The zero-order valence-electron chi connectivity index (χ0n) is 4.96. The van der Waals surface area contributed by atoms with Gasteiger partial charge in [0.1, 0.15) is 6.29 Å². The summed E-state index contributed by atoms with van der Waals surface area (Å²) in [6, 6.07) is 0. The van der Waals surface area contributed by atoms with Crippen molar-refractivity contribution < 1.29 is 9.53 Å². The minimum Gasteiger partial charge on any atom is -0.370 e. The zero-order valence-corrected chi connectivity index (χ0v) is 4.96. The third kappa shape index (κ3) is 47.8. The lowest BCUT2D eigenvalue weighted by molar-refractivity contribution is -0.106. The van der Waals surface area contributed by atoms with Crippen LogP contribution in [0.5, 0.6) is 0 Å². The van der Waals surface area contributed by atoms with Crippen LogP contribution in [-0.2, 0) is 9.53 Å². The molecule has 0 aromatic rings. The largest absolute Gasteiger partial charge is 0.370 e. The second-order valence-electron chi connectivity index (χ2n) is 0.858. The fourth-order valence-corrected chi connectivity index (χ4v) is 0. The summed E-state index contributed by atoms with van der Waals surface area (Å²) in [5.41, 5.74) is 9.47. The van der Waals surface area contributed by atoms with E-state index in [9.17, 15) is 0 Å². The predicted molar refractivity (Wildman–Crippen MR) is 31.2 cm³/mol. The molecular weight excluding hydrogens is 108 g/mol. The minimum absolute atomic E-state index is 0.139. The Morgan fingerprint density at radius 1 is 1.62 bits per heavy atom. The molecule has 0 aliphatic rings. The van der Waals surface area contributed by atoms with Crippen molar-refractivity contribution >= 4 is 6.29 Å². The van der Waals surface area contributed by atoms with Crippen LogP contribution in [0.4, 0.5) is 0 Å². The first-order chi connectivity index (χ1) is 3.83. The summed E-state index contributed by atoms with van der Waals surface area (Å²) in [7, 11) is 1.56. The molecule has 0 aromatic heterocycles. The molecule has 0 atom stereocenters. The number of hydrogen-bond donors (Lipinski definition) is 2. The van der Waals surface area contributed by atoms with E-state index in [1.807, 2.05) is 0 Å². The van der Waals surface area contributed by atoms with E-state index in [2.05, 4.69) is 10.5 Å². The molecule has 4 heteroatoms. The average molecular weight is 120 g/mol. The summed E-state index contributed by atoms with van der Waals surface area (Å²) in [4.78, 5) is 9.05. The molecule has 0 radical (unpaired) electrons. The lowest BCUT2D eigenvalue weighted by atomic mass is 10.8. The summed E-state index contributed by atoms with van der Waals surface area (Å²) in [6.07, 6.45) is 0.653. The number of aldehydes is 1. The number of ether oxygens (including phenoxy) is 1. The van der Waals surface area contributed by atoms with Crippen LogP contribution in [0.25, 0.3) is 0 Å². The maximum Gasteiger partial charge on any atom is 0.133 e. The van der Waals surface area contributed by atoms with Crippen molar-refractivity contribution in [3.05, 3.63) is 0 Å². The highest BCUT2D eigenvalue weighted by Gasteiger charge is 1.51. The monoisotopic (exact) mass is 120 g/mol. The van der Waals surface area contributed by atoms with Crippen molar-refractivity contribution in [3.8, 4) is 0 Å². The second kappa shape index (κ2) is 16.0. The van der Waals surface area contributed by atoms with Gasteiger partial charge in [0.15, 0.2) is 0 Å². The molecule has 0 spiro atoms. The zero-order chi connectivity index (χ0) is 6.83. The van der Waals surface area contributed by atoms with Crippen LogP contribution in [0.1, 0.15) is 0 Å². The summed E-state index contributed by atoms with van der Waals surface area (Å²) in [5, 5.41) is 0. The molecule has 0 heterocycles. The molecule has 0 aliphatic carbocycles. The number of methoxy groups -OCH3 is 1. The van der Waals surface area contributed by atoms with E-state index in [-0.39, 0.29) is 6.54 Å². The van der Waals surface area contributed by atoms with Crippen LogP contribution < -0.4 is 11.5 Å². The molecule has 0 unspecified atom stereocenters. The summed E-state index contributed by atoms with van der Waals surface area (Å²) >= 11 is 0. The number of hydrogen-bond acceptors (Lipinski definition) is 4. The first kappa shape index (κ1) is 10.5. The molecule has 8 heavy (non-hydrogen) atoms. The van der Waals surface area contributed by atoms with Crippen LogP contribution in [0.2, 0.25) is 0 Å². The lowest BCUT2D eigenvalue weighted by Gasteiger charge is -1.77. The Morgan fingerprint density at radius 3 is 1.88 bits per heavy atom. The quantitative estimate of drug-likeness (QED) is 0.350. The molecule has 0 amide bonds. The molecular formula is C4H12N2O2. The smallest absolute Gasteiger partial charge is 0.133 e. The van der Waals surface area contributed by atoms with Gasteiger partial charge in [-0.2, -0.15) is 0 Å². The Hall–Kier alpha value is -0.450. The van der Waals surface area contributed by atoms with Crippen LogP contribution in [0, 0.1) is 0 Å². The van der Waals surface area contributed by atoms with Gasteiger partial charge in [-0.1, -0.05) is 0 Å². The lowest BCUT2D eigenvalue weighted by Crippen LogP contribution is -1.98. The van der Waals surface area contributed by atoms with Crippen LogP contribution in [0.3, 0.4) is 0 Å². The second-order valence-corrected chi connectivity index (χ2v) is 0.858. The van der Waals surface area contributed by atoms with Gasteiger partial charge < -0.3 is 21.0 Å². The highest BCUT2D eigenvalue weighted by atomic mass is 16.5. The van der Waals surface area contributed by atoms with E-state index in [0.717, 1.165) is 0 Å². The van der Waals surface area contributed by atoms with E-state index in [1.165, 1.54) is 0 Å². The molecule has 50 valence electrons. The summed E-state index contributed by atoms with van der Waals surface area (Å²) < 4.78 is 4.32. The van der Waals surface area contributed by atoms with Crippen molar-refractivity contribution in [2.45, 2.75) is 0 Å². The molecule has 0 saturated heterocycles. The molecule has 0 rings (SSSR count). The Labute approximate surface area is 48.8 Å². The van der Waals surface area contributed by atoms with E-state index in [1.54, 1.807) is 7.11 Å². The van der Waals surface area contributed by atoms with Crippen molar-refractivity contribution in [3.63, 3.8) is 0 Å². The third-order valence-corrected chi connectivity index (χ3v) is 0.263. The highest BCUT2D eigenvalue weighted by Crippen LogP contribution is 1.40. The van der Waals surface area contributed by atoms with Crippen LogP contribution in [-0.4, -0.2) is 26.7 Å². The van der Waals surface area contributed by atoms with Crippen LogP contribution in [0.15, 0.2) is 0 Å². The predicted octanol–water partition coefficient (Wildman–Crippen LogP) is -1.31. The molecule has 4 nitrogen and oxygen atoms in total. The van der Waals surface area contributed by atoms with Gasteiger partial charge in [-0.3, -0.25) is 0 Å². The maximum absolute atomic E-state index is 9.05. The summed E-state index contributed by atoms with van der Waals surface area (Å²) in [6.45, 7) is 0.458. The topological polar surface area (TPSA) is 78.3 Å². The van der Waals surface area contributed by atoms with E-state index in [4.69, 9.17) is 10.5 Å². The Kier molecular flexibility index (Phi) is 21.0. The highest BCUT2D eigenvalue weighted by molar-refractivity contribution is 5.51. The average Bonchev–Trinajstić information content (AvgIpc) is 1.88. The summed E-state index contributed by atoms with van der Waals surface area (Å²) in [5.74, 6) is 0. The molecule has 0 saturated carbocycles. The van der Waals surface area contributed by atoms with Gasteiger partial charge in [0.2, 0.25) is 0 Å². The van der Waals surface area contributed by atoms with Gasteiger partial charge in [-0.25, -0.2) is 0 Å². The van der Waals surface area contributed by atoms with Gasteiger partial charge in [-0.15, -0.1) is 0 Å². The Morgan fingerprint density at radius 2 is 1.88 bits per heavy atom. The standard InChI is InChI=1S/C2H7NO.C2H5NO/c1-4-2-3;3-1-2-4/h2-3H2,1H3;2H,1,3H2. The van der Waals surface area contributed by atoms with Gasteiger partial charge >= 0.3 is 0 Å². The number of nitrogens with two attached hydrogens (primary N) is 2. The van der Waals surface area contributed by atoms with Gasteiger partial charge in [-0.05, 0) is 0 Å². The molecule has 0 fully saturated rings. The maximum atomic E-state index is 9.05. The number of rotatable bonds is 2. The molecule has 0 aromatic carbocycles. The normalized spacial score (nSPS) is 6.88. The van der Waals surface area contributed by atoms with E-state index < -0.39 is 0 Å². The van der Waals surface area contributed by atoms with Crippen molar-refractivity contribution in [2.24, 2.45) is 11.5 Å². The Balaban J connectivity index is 0. The van der Waals surface area contributed by atoms with Crippen molar-refractivity contribution in [2.75, 3.05) is 20.4 Å². The minimum atomic E-state index is 0.139. The van der Waals surface area contributed by atoms with Crippen molar-refractivity contribution in [1.29, 1.82) is 0 Å². The van der Waals surface area contributed by atoms with Gasteiger partial charge in [0, 0.05) is 13.7 Å². The van der Waals surface area contributed by atoms with Crippen LogP contribution >= 0.6 is 0 Å². The molecule has 4 N–H and O–H groups in total. The number of carbonyl (C=O) groups is 1. The third-order valence-electron chi connectivity index (χ3n) is 0.263. The van der Waals surface area contributed by atoms with Crippen molar-refractivity contribution in [1.82, 2.24) is 0 Å². The SMILES string of the molecule is COCN.NCC=O. The molecule has 0 aliphatic heterocycles. The van der Waals surface area contributed by atoms with Gasteiger partial charge in [0.05, 0.1) is 6.73 Å². The first-order valence-electron chi connectivity index (χ1n) is 2.16. The van der Waals surface area contributed by atoms with Gasteiger partial charge in [0.25, 0.3) is 0 Å².